The standard InChI is InChI=1S/C45H42N8O/c1-43(2,3)24-11-15-28-32(19-24)41-49-36(28)47-39-31-18-23(22-54)10-14-27(31)35(46-39)48-40-33-20-25(44(4,5)6)12-16-29(33)37(50-40)52-42-34-21-26(45(7,8)9)13-17-30(34)38(51-41)53-42/h10-22H,1-9H3,(H2,46,47,48,49,50,51,52,53). The van der Waals surface area contributed by atoms with Crippen molar-refractivity contribution in [3.63, 3.8) is 0 Å². The zero-order chi connectivity index (χ0) is 37.9. The van der Waals surface area contributed by atoms with Crippen LogP contribution in [0.5, 0.6) is 0 Å². The van der Waals surface area contributed by atoms with Gasteiger partial charge in [0.15, 0.2) is 23.3 Å². The average Bonchev–Trinajstić information content (AvgIpc) is 3.84. The molecule has 0 fully saturated rings. The molecule has 0 saturated heterocycles. The van der Waals surface area contributed by atoms with Crippen molar-refractivity contribution in [2.45, 2.75) is 78.6 Å². The van der Waals surface area contributed by atoms with Gasteiger partial charge in [-0.15, -0.1) is 0 Å². The molecule has 9 nitrogen and oxygen atoms in total. The van der Waals surface area contributed by atoms with E-state index in [1.54, 1.807) is 6.07 Å². The summed E-state index contributed by atoms with van der Waals surface area (Å²) < 4.78 is 0. The minimum absolute atomic E-state index is 0.0802. The minimum atomic E-state index is -0.0945. The van der Waals surface area contributed by atoms with Crippen molar-refractivity contribution >= 4 is 50.4 Å². The number of aldehydes is 1. The van der Waals surface area contributed by atoms with E-state index >= 15 is 0 Å². The highest BCUT2D eigenvalue weighted by molar-refractivity contribution is 6.07. The van der Waals surface area contributed by atoms with Crippen LogP contribution in [0.3, 0.4) is 0 Å². The van der Waals surface area contributed by atoms with Crippen molar-refractivity contribution in [2.75, 3.05) is 0 Å². The largest absolute Gasteiger partial charge is 0.324 e. The first-order valence-corrected chi connectivity index (χ1v) is 18.4. The van der Waals surface area contributed by atoms with Crippen molar-refractivity contribution in [3.8, 4) is 45.6 Å². The van der Waals surface area contributed by atoms with E-state index in [9.17, 15) is 4.79 Å². The van der Waals surface area contributed by atoms with Crippen LogP contribution in [-0.2, 0) is 16.2 Å². The molecule has 0 spiro atoms. The van der Waals surface area contributed by atoms with E-state index in [4.69, 9.17) is 29.9 Å². The molecule has 0 atom stereocenters. The Morgan fingerprint density at radius 2 is 0.778 bits per heavy atom. The second kappa shape index (κ2) is 11.5. The Hall–Kier alpha value is -6.09. The van der Waals surface area contributed by atoms with Gasteiger partial charge in [-0.1, -0.05) is 105 Å². The van der Waals surface area contributed by atoms with Crippen LogP contribution in [0.25, 0.3) is 89.7 Å². The highest BCUT2D eigenvalue weighted by Crippen LogP contribution is 2.40. The summed E-state index contributed by atoms with van der Waals surface area (Å²) in [6.45, 7) is 19.8. The maximum absolute atomic E-state index is 12.0. The molecule has 8 bridgehead atoms. The monoisotopic (exact) mass is 710 g/mol. The lowest BCUT2D eigenvalue weighted by atomic mass is 9.85. The number of H-pyrrole nitrogens is 2. The van der Waals surface area contributed by atoms with E-state index in [0.717, 1.165) is 50.1 Å². The fourth-order valence-electron chi connectivity index (χ4n) is 7.28. The quantitative estimate of drug-likeness (QED) is 0.162. The number of nitrogens with zero attached hydrogens (tertiary/aromatic N) is 6. The molecule has 0 saturated carbocycles. The summed E-state index contributed by atoms with van der Waals surface area (Å²) in [5.41, 5.74) is 9.80. The van der Waals surface area contributed by atoms with Gasteiger partial charge >= 0.3 is 0 Å². The van der Waals surface area contributed by atoms with Crippen LogP contribution < -0.4 is 0 Å². The van der Waals surface area contributed by atoms with E-state index in [0.29, 0.717) is 51.4 Å². The first-order valence-electron chi connectivity index (χ1n) is 18.4. The predicted octanol–water partition coefficient (Wildman–Crippen LogP) is 10.6. The van der Waals surface area contributed by atoms with Crippen molar-refractivity contribution < 1.29 is 4.79 Å². The summed E-state index contributed by atoms with van der Waals surface area (Å²) in [5.74, 6) is 2.18. The molecule has 268 valence electrons. The molecular formula is C45H42N8O. The van der Waals surface area contributed by atoms with Crippen LogP contribution >= 0.6 is 0 Å². The second-order valence-electron chi connectivity index (χ2n) is 17.6. The van der Waals surface area contributed by atoms with Crippen LogP contribution in [-0.4, -0.2) is 46.2 Å². The molecule has 9 rings (SSSR count). The molecule has 0 aliphatic carbocycles. The molecule has 3 aromatic heterocycles. The number of fused-ring (bicyclic) bond motifs is 20. The summed E-state index contributed by atoms with van der Waals surface area (Å²) in [6, 6.07) is 24.9. The SMILES string of the molecule is CC(C)(C)c1ccc2c(c1)-c1nc-2nc2[nH]c(nc3nc(nc4[nH]c(n1)c1ccc(C=O)cc41)-c1ccc(C(C)(C)C)cc1-3)c1ccc(C(C)(C)C)cc21. The molecule has 2 aliphatic heterocycles. The van der Waals surface area contributed by atoms with Gasteiger partial charge in [0.2, 0.25) is 0 Å². The van der Waals surface area contributed by atoms with Crippen LogP contribution in [0.4, 0.5) is 0 Å². The van der Waals surface area contributed by atoms with Gasteiger partial charge in [0, 0.05) is 49.4 Å². The number of hydrogen-bond acceptors (Lipinski definition) is 7. The van der Waals surface area contributed by atoms with Crippen molar-refractivity contribution in [1.82, 2.24) is 39.9 Å². The highest BCUT2D eigenvalue weighted by Gasteiger charge is 2.26. The normalized spacial score (nSPS) is 13.0. The van der Waals surface area contributed by atoms with Crippen molar-refractivity contribution in [1.29, 1.82) is 0 Å². The van der Waals surface area contributed by atoms with Gasteiger partial charge in [-0.05, 0) is 63.3 Å². The number of nitrogens with one attached hydrogen (secondary N) is 2. The molecule has 2 aliphatic rings. The first-order chi connectivity index (χ1) is 25.5. The number of benzene rings is 4. The lowest BCUT2D eigenvalue weighted by Crippen LogP contribution is -2.10. The average molecular weight is 711 g/mol. The number of hydrogen-bond donors (Lipinski definition) is 2. The fraction of sp³-hybridized carbons (Fsp3) is 0.267. The van der Waals surface area contributed by atoms with E-state index in [1.807, 2.05) is 12.1 Å². The van der Waals surface area contributed by atoms with Crippen molar-refractivity contribution in [3.05, 3.63) is 95.1 Å². The molecular weight excluding hydrogens is 669 g/mol. The van der Waals surface area contributed by atoms with E-state index < -0.39 is 0 Å². The number of aromatic nitrogens is 8. The second-order valence-corrected chi connectivity index (χ2v) is 17.6. The van der Waals surface area contributed by atoms with Crippen molar-refractivity contribution in [2.24, 2.45) is 0 Å². The summed E-state index contributed by atoms with van der Waals surface area (Å²) >= 11 is 0. The molecule has 0 amide bonds. The first kappa shape index (κ1) is 33.7. The minimum Gasteiger partial charge on any atom is -0.324 e. The lowest BCUT2D eigenvalue weighted by Gasteiger charge is -2.19. The van der Waals surface area contributed by atoms with Crippen LogP contribution in [0.1, 0.15) is 89.4 Å². The smallest absolute Gasteiger partial charge is 0.164 e. The molecule has 9 heteroatoms. The molecule has 5 heterocycles. The van der Waals surface area contributed by atoms with Crippen LogP contribution in [0.15, 0.2) is 72.8 Å². The number of carbonyl (C=O) groups is 1. The molecule has 2 N–H and O–H groups in total. The van der Waals surface area contributed by atoms with Gasteiger partial charge in [-0.25, -0.2) is 29.9 Å². The van der Waals surface area contributed by atoms with Gasteiger partial charge < -0.3 is 9.97 Å². The Bertz CT molecular complexity index is 2890. The van der Waals surface area contributed by atoms with Gasteiger partial charge in [-0.2, -0.15) is 0 Å². The van der Waals surface area contributed by atoms with E-state index in [-0.39, 0.29) is 16.2 Å². The Balaban J connectivity index is 1.47. The fourth-order valence-corrected chi connectivity index (χ4v) is 7.28. The Morgan fingerprint density at radius 3 is 1.22 bits per heavy atom. The molecule has 0 unspecified atom stereocenters. The number of carbonyl (C=O) groups excluding carboxylic acids is 1. The number of aromatic amines is 2. The highest BCUT2D eigenvalue weighted by atomic mass is 16.1. The Morgan fingerprint density at radius 1 is 0.407 bits per heavy atom. The van der Waals surface area contributed by atoms with Gasteiger partial charge in [0.25, 0.3) is 0 Å². The van der Waals surface area contributed by atoms with Gasteiger partial charge in [-0.3, -0.25) is 4.79 Å². The molecule has 0 radical (unpaired) electrons. The Labute approximate surface area is 313 Å². The summed E-state index contributed by atoms with van der Waals surface area (Å²) in [5, 5.41) is 3.46. The molecule has 4 aromatic carbocycles. The predicted molar refractivity (Wildman–Crippen MR) is 218 cm³/mol. The third-order valence-corrected chi connectivity index (χ3v) is 10.6. The summed E-state index contributed by atoms with van der Waals surface area (Å²) in [4.78, 5) is 50.1. The topological polar surface area (TPSA) is 126 Å². The van der Waals surface area contributed by atoms with E-state index in [2.05, 4.69) is 127 Å². The zero-order valence-corrected chi connectivity index (χ0v) is 32.1. The third-order valence-electron chi connectivity index (χ3n) is 10.6. The zero-order valence-electron chi connectivity index (χ0n) is 32.1. The molecule has 7 aromatic rings. The van der Waals surface area contributed by atoms with Gasteiger partial charge in [0.05, 0.1) is 0 Å². The van der Waals surface area contributed by atoms with Crippen LogP contribution in [0.2, 0.25) is 0 Å². The summed E-state index contributed by atoms with van der Waals surface area (Å²) in [7, 11) is 0. The third kappa shape index (κ3) is 5.49. The molecule has 54 heavy (non-hydrogen) atoms. The van der Waals surface area contributed by atoms with E-state index in [1.165, 1.54) is 16.7 Å². The van der Waals surface area contributed by atoms with Gasteiger partial charge in [0.1, 0.15) is 28.9 Å². The summed E-state index contributed by atoms with van der Waals surface area (Å²) in [6.07, 6.45) is 0.844. The number of rotatable bonds is 1. The Kier molecular flexibility index (Phi) is 7.15. The lowest BCUT2D eigenvalue weighted by molar-refractivity contribution is 0.112. The maximum atomic E-state index is 12.0. The maximum Gasteiger partial charge on any atom is 0.164 e. The van der Waals surface area contributed by atoms with Crippen LogP contribution in [0, 0.1) is 0 Å².